The minimum atomic E-state index is -0.964. The second-order valence-corrected chi connectivity index (χ2v) is 11.9. The maximum absolute atomic E-state index is 12.9. The van der Waals surface area contributed by atoms with Crippen molar-refractivity contribution in [2.75, 3.05) is 15.5 Å². The van der Waals surface area contributed by atoms with Crippen LogP contribution in [0.15, 0.2) is 24.4 Å². The van der Waals surface area contributed by atoms with E-state index < -0.39 is 5.60 Å². The Morgan fingerprint density at radius 2 is 1.83 bits per heavy atom. The second-order valence-electron chi connectivity index (χ2n) is 11.9. The molecule has 9 nitrogen and oxygen atoms in total. The third kappa shape index (κ3) is 5.24. The Labute approximate surface area is 213 Å². The van der Waals surface area contributed by atoms with E-state index in [0.29, 0.717) is 23.1 Å². The monoisotopic (exact) mass is 491 g/mol. The van der Waals surface area contributed by atoms with Crippen LogP contribution in [0.2, 0.25) is 0 Å². The van der Waals surface area contributed by atoms with E-state index in [0.717, 1.165) is 24.2 Å². The summed E-state index contributed by atoms with van der Waals surface area (Å²) in [6.07, 6.45) is 3.33. The van der Waals surface area contributed by atoms with Crippen LogP contribution in [0.3, 0.4) is 0 Å². The second kappa shape index (κ2) is 8.93. The first kappa shape index (κ1) is 25.7. The van der Waals surface area contributed by atoms with Crippen LogP contribution in [0.5, 0.6) is 5.75 Å². The summed E-state index contributed by atoms with van der Waals surface area (Å²) in [6.45, 7) is 16.3. The summed E-state index contributed by atoms with van der Waals surface area (Å²) >= 11 is 0. The number of carbonyl (C=O) groups excluding carboxylic acids is 1. The van der Waals surface area contributed by atoms with E-state index in [-0.39, 0.29) is 29.1 Å². The van der Waals surface area contributed by atoms with Gasteiger partial charge in [-0.2, -0.15) is 10.2 Å². The molecular weight excluding hydrogens is 454 g/mol. The lowest BCUT2D eigenvalue weighted by Crippen LogP contribution is -2.60. The number of aromatic nitrogens is 2. The summed E-state index contributed by atoms with van der Waals surface area (Å²) in [5.74, 6) is 1.43. The van der Waals surface area contributed by atoms with Gasteiger partial charge >= 0.3 is 0 Å². The molecule has 1 amide bonds. The average Bonchev–Trinajstić information content (AvgIpc) is 2.72. The molecule has 9 heteroatoms. The summed E-state index contributed by atoms with van der Waals surface area (Å²) < 4.78 is 6.06. The molecule has 0 unspecified atom stereocenters. The van der Waals surface area contributed by atoms with Crippen LogP contribution in [0.25, 0.3) is 0 Å². The largest absolute Gasteiger partial charge is 0.476 e. The number of hydrogen-bond donors (Lipinski definition) is 3. The zero-order chi connectivity index (χ0) is 26.5. The van der Waals surface area contributed by atoms with Crippen molar-refractivity contribution < 1.29 is 9.53 Å². The van der Waals surface area contributed by atoms with E-state index in [1.54, 1.807) is 18.7 Å². The van der Waals surface area contributed by atoms with Gasteiger partial charge in [0.05, 0.1) is 11.9 Å². The zero-order valence-corrected chi connectivity index (χ0v) is 22.5. The van der Waals surface area contributed by atoms with E-state index in [2.05, 4.69) is 59.7 Å². The number of nitrogens with one attached hydrogen (secondary N) is 3. The van der Waals surface area contributed by atoms with Crippen molar-refractivity contribution in [1.82, 2.24) is 15.3 Å². The third-order valence-corrected chi connectivity index (χ3v) is 6.53. The summed E-state index contributed by atoms with van der Waals surface area (Å²) in [5, 5.41) is 20.1. The maximum Gasteiger partial charge on any atom is 0.270 e. The number of benzene rings is 1. The van der Waals surface area contributed by atoms with Crippen LogP contribution in [0, 0.1) is 11.3 Å². The Bertz CT molecular complexity index is 1200. The molecular formula is C27H37N7O2. The minimum Gasteiger partial charge on any atom is -0.476 e. The molecule has 0 aliphatic carbocycles. The Kier molecular flexibility index (Phi) is 6.38. The summed E-state index contributed by atoms with van der Waals surface area (Å²) in [7, 11) is 0. The molecule has 0 radical (unpaired) electrons. The lowest BCUT2D eigenvalue weighted by molar-refractivity contribution is -0.133. The average molecular weight is 492 g/mol. The number of rotatable bonds is 5. The minimum absolute atomic E-state index is 0.00123. The predicted octanol–water partition coefficient (Wildman–Crippen LogP) is 4.73. The molecule has 2 aromatic rings. The van der Waals surface area contributed by atoms with Gasteiger partial charge in [-0.25, -0.2) is 4.98 Å². The van der Waals surface area contributed by atoms with Gasteiger partial charge in [-0.1, -0.05) is 0 Å². The predicted molar refractivity (Wildman–Crippen MR) is 142 cm³/mol. The normalized spacial score (nSPS) is 20.3. The lowest BCUT2D eigenvalue weighted by atomic mass is 9.79. The first-order valence-electron chi connectivity index (χ1n) is 12.5. The molecule has 3 N–H and O–H groups in total. The number of anilines is 4. The van der Waals surface area contributed by atoms with Crippen molar-refractivity contribution in [3.05, 3.63) is 30.0 Å². The van der Waals surface area contributed by atoms with Crippen molar-refractivity contribution in [3.8, 4) is 11.8 Å². The topological polar surface area (TPSA) is 115 Å². The van der Waals surface area contributed by atoms with Gasteiger partial charge < -0.3 is 25.6 Å². The Morgan fingerprint density at radius 3 is 2.44 bits per heavy atom. The fourth-order valence-electron chi connectivity index (χ4n) is 5.48. The van der Waals surface area contributed by atoms with Crippen molar-refractivity contribution >= 4 is 29.0 Å². The van der Waals surface area contributed by atoms with Gasteiger partial charge in [0.25, 0.3) is 5.91 Å². The van der Waals surface area contributed by atoms with Gasteiger partial charge in [-0.3, -0.25) is 4.79 Å². The molecule has 1 aromatic heterocycles. The van der Waals surface area contributed by atoms with Crippen LogP contribution < -0.4 is 25.6 Å². The molecule has 192 valence electrons. The van der Waals surface area contributed by atoms with Gasteiger partial charge in [0.15, 0.2) is 5.60 Å². The molecule has 1 fully saturated rings. The van der Waals surface area contributed by atoms with E-state index >= 15 is 0 Å². The maximum atomic E-state index is 12.9. The molecule has 2 aliphatic rings. The quantitative estimate of drug-likeness (QED) is 0.550. The summed E-state index contributed by atoms with van der Waals surface area (Å²) in [6, 6.07) is 7.95. The highest BCUT2D eigenvalue weighted by molar-refractivity contribution is 6.03. The molecule has 0 spiro atoms. The van der Waals surface area contributed by atoms with Crippen LogP contribution >= 0.6 is 0 Å². The fourth-order valence-corrected chi connectivity index (χ4v) is 5.48. The Morgan fingerprint density at radius 1 is 1.17 bits per heavy atom. The number of fused-ring (bicyclic) bond motifs is 1. The molecule has 1 saturated heterocycles. The highest BCUT2D eigenvalue weighted by atomic mass is 16.5. The van der Waals surface area contributed by atoms with Crippen LogP contribution in [-0.2, 0) is 4.79 Å². The van der Waals surface area contributed by atoms with E-state index in [1.165, 1.54) is 6.20 Å². The molecule has 36 heavy (non-hydrogen) atoms. The molecule has 0 saturated carbocycles. The van der Waals surface area contributed by atoms with Gasteiger partial charge in [0.2, 0.25) is 5.95 Å². The first-order valence-corrected chi connectivity index (χ1v) is 12.5. The summed E-state index contributed by atoms with van der Waals surface area (Å²) in [5.41, 5.74) is 0.817. The number of piperidine rings is 1. The van der Waals surface area contributed by atoms with Crippen molar-refractivity contribution in [2.45, 2.75) is 97.0 Å². The lowest BCUT2D eigenvalue weighted by Gasteiger charge is -2.46. The van der Waals surface area contributed by atoms with Gasteiger partial charge in [0.1, 0.15) is 23.2 Å². The van der Waals surface area contributed by atoms with Gasteiger partial charge in [0, 0.05) is 34.9 Å². The van der Waals surface area contributed by atoms with Crippen molar-refractivity contribution in [3.63, 3.8) is 0 Å². The van der Waals surface area contributed by atoms with Gasteiger partial charge in [-0.15, -0.1) is 0 Å². The van der Waals surface area contributed by atoms with Crippen LogP contribution in [0.4, 0.5) is 23.1 Å². The van der Waals surface area contributed by atoms with Crippen LogP contribution in [0.1, 0.15) is 73.8 Å². The van der Waals surface area contributed by atoms with Crippen LogP contribution in [-0.4, -0.2) is 44.6 Å². The van der Waals surface area contributed by atoms with E-state index in [1.807, 2.05) is 32.0 Å². The van der Waals surface area contributed by atoms with E-state index in [9.17, 15) is 10.1 Å². The fraction of sp³-hybridized carbons (Fsp3) is 0.556. The first-order chi connectivity index (χ1) is 16.7. The number of carbonyl (C=O) groups is 1. The van der Waals surface area contributed by atoms with Gasteiger partial charge in [-0.05, 0) is 80.4 Å². The highest BCUT2D eigenvalue weighted by Gasteiger charge is 2.42. The van der Waals surface area contributed by atoms with E-state index in [4.69, 9.17) is 4.74 Å². The summed E-state index contributed by atoms with van der Waals surface area (Å²) in [4.78, 5) is 23.7. The number of nitriles is 1. The molecule has 4 rings (SSSR count). The number of nitrogens with zero attached hydrogens (tertiary/aromatic N) is 4. The molecule has 1 aromatic carbocycles. The SMILES string of the molecule is CC(C)N1C(=O)C(C)(C)Oc2cc(Nc3ncc(C#N)c(NC4CC(C)(C)NC(C)(C)C4)n3)ccc21. The van der Waals surface area contributed by atoms with Crippen molar-refractivity contribution in [2.24, 2.45) is 0 Å². The Balaban J connectivity index is 1.59. The highest BCUT2D eigenvalue weighted by Crippen LogP contribution is 2.41. The number of hydrogen-bond acceptors (Lipinski definition) is 8. The Hall–Kier alpha value is -3.38. The molecule has 0 bridgehead atoms. The van der Waals surface area contributed by atoms with Crippen molar-refractivity contribution in [1.29, 1.82) is 5.26 Å². The third-order valence-electron chi connectivity index (χ3n) is 6.53. The number of amides is 1. The molecule has 0 atom stereocenters. The number of ether oxygens (including phenoxy) is 1. The molecule has 3 heterocycles. The molecule has 2 aliphatic heterocycles. The zero-order valence-electron chi connectivity index (χ0n) is 22.5. The smallest absolute Gasteiger partial charge is 0.270 e. The standard InChI is InChI=1S/C27H37N7O2/c1-16(2)34-20-10-9-18(11-21(20)36-27(7,8)23(34)35)31-24-29-15-17(14-28)22(32-24)30-19-12-25(3,4)33-26(5,6)13-19/h9-11,15-16,19,33H,12-13H2,1-8H3,(H2,29,30,31,32).